The zero-order chi connectivity index (χ0) is 32.4. The van der Waals surface area contributed by atoms with Gasteiger partial charge in [0.15, 0.2) is 17.3 Å². The van der Waals surface area contributed by atoms with E-state index in [1.807, 2.05) is 6.07 Å². The second-order valence-electron chi connectivity index (χ2n) is 10.5. The fourth-order valence-electron chi connectivity index (χ4n) is 4.74. The van der Waals surface area contributed by atoms with E-state index in [4.69, 9.17) is 0 Å². The first-order chi connectivity index (χ1) is 20.4. The number of ether oxygens (including phenoxy) is 1. The van der Waals surface area contributed by atoms with E-state index in [9.17, 15) is 54.0 Å². The number of nitriles is 1. The quantitative estimate of drug-likeness (QED) is 0.251. The molecule has 2 aromatic heterocycles. The van der Waals surface area contributed by atoms with Gasteiger partial charge in [0.2, 0.25) is 0 Å². The molecule has 0 saturated heterocycles. The average molecular weight is 638 g/mol. The van der Waals surface area contributed by atoms with E-state index in [-0.39, 0.29) is 23.6 Å². The average Bonchev–Trinajstić information content (AvgIpc) is 3.83. The zero-order valence-electron chi connectivity index (χ0n) is 22.4. The number of rotatable bonds is 9. The van der Waals surface area contributed by atoms with Gasteiger partial charge in [0.25, 0.3) is 5.91 Å². The summed E-state index contributed by atoms with van der Waals surface area (Å²) in [5.41, 5.74) is -5.60. The Morgan fingerprint density at radius 2 is 1.80 bits per heavy atom. The van der Waals surface area contributed by atoms with Gasteiger partial charge in [0.1, 0.15) is 5.54 Å². The van der Waals surface area contributed by atoms with Crippen molar-refractivity contribution in [3.63, 3.8) is 0 Å². The Labute approximate surface area is 241 Å². The lowest BCUT2D eigenvalue weighted by Gasteiger charge is -2.29. The maximum Gasteiger partial charge on any atom is 0.459 e. The summed E-state index contributed by atoms with van der Waals surface area (Å²) in [7, 11) is 0.858. The topological polar surface area (TPSA) is 89.0 Å². The molecule has 2 heterocycles. The molecule has 18 heteroatoms. The molecule has 5 rings (SSSR count). The number of alkyl halides is 10. The van der Waals surface area contributed by atoms with Crippen LogP contribution in [-0.4, -0.2) is 55.2 Å². The molecule has 236 valence electrons. The van der Waals surface area contributed by atoms with Crippen molar-refractivity contribution in [2.24, 2.45) is 13.0 Å². The highest BCUT2D eigenvalue weighted by Crippen LogP contribution is 2.49. The lowest BCUT2D eigenvalue weighted by Crippen LogP contribution is -2.43. The van der Waals surface area contributed by atoms with Crippen molar-refractivity contribution >= 4 is 5.91 Å². The Morgan fingerprint density at radius 1 is 1.14 bits per heavy atom. The first-order valence-corrected chi connectivity index (χ1v) is 12.9. The predicted octanol–water partition coefficient (Wildman–Crippen LogP) is 6.46. The molecule has 1 aromatic carbocycles. The van der Waals surface area contributed by atoms with Crippen LogP contribution in [0.2, 0.25) is 0 Å². The first-order valence-electron chi connectivity index (χ1n) is 12.9. The molecule has 0 N–H and O–H groups in total. The van der Waals surface area contributed by atoms with Gasteiger partial charge in [-0.2, -0.15) is 59.4 Å². The smallest absolute Gasteiger partial charge is 0.428 e. The summed E-state index contributed by atoms with van der Waals surface area (Å²) < 4.78 is 141. The van der Waals surface area contributed by atoms with Crippen molar-refractivity contribution < 1.29 is 53.4 Å². The molecular weight excluding hydrogens is 618 g/mol. The van der Waals surface area contributed by atoms with Gasteiger partial charge in [0.05, 0.1) is 23.4 Å². The summed E-state index contributed by atoms with van der Waals surface area (Å²) in [6.45, 7) is -3.76. The van der Waals surface area contributed by atoms with E-state index >= 15 is 0 Å². The number of carbonyl (C=O) groups is 1. The van der Waals surface area contributed by atoms with E-state index in [1.54, 1.807) is 0 Å². The third-order valence-electron chi connectivity index (χ3n) is 7.35. The van der Waals surface area contributed by atoms with Crippen molar-refractivity contribution in [3.05, 3.63) is 47.4 Å². The van der Waals surface area contributed by atoms with Gasteiger partial charge in [-0.3, -0.25) is 4.79 Å². The molecule has 3 aromatic rings. The Balaban J connectivity index is 1.58. The standard InChI is InChI=1S/C26H20F10N6O2/c1-40-20(18(44-22(27)28)19(39-40)24(29,30)26(34,35)36)42-11-15(9-38-42)14-4-5-17(25(31,32)33)16(8-14)21(43)41(10-13-2-3-13)23(12-37)6-7-23/h4-5,8-9,11,13,22H,2-3,6-7,10H2,1H3. The summed E-state index contributed by atoms with van der Waals surface area (Å²) in [6.07, 6.45) is -7.23. The molecule has 44 heavy (non-hydrogen) atoms. The highest BCUT2D eigenvalue weighted by atomic mass is 19.4. The molecule has 0 aliphatic heterocycles. The number of benzene rings is 1. The number of hydrogen-bond donors (Lipinski definition) is 0. The van der Waals surface area contributed by atoms with Gasteiger partial charge < -0.3 is 9.64 Å². The molecule has 0 radical (unpaired) electrons. The van der Waals surface area contributed by atoms with Gasteiger partial charge >= 0.3 is 24.9 Å². The summed E-state index contributed by atoms with van der Waals surface area (Å²) >= 11 is 0. The number of aromatic nitrogens is 4. The van der Waals surface area contributed by atoms with Crippen LogP contribution in [0, 0.1) is 17.2 Å². The third kappa shape index (κ3) is 5.54. The number of nitrogens with zero attached hydrogens (tertiary/aromatic N) is 6. The largest absolute Gasteiger partial charge is 0.459 e. The van der Waals surface area contributed by atoms with E-state index < -0.39 is 64.7 Å². The van der Waals surface area contributed by atoms with E-state index in [0.29, 0.717) is 28.3 Å². The highest BCUT2D eigenvalue weighted by Gasteiger charge is 2.63. The van der Waals surface area contributed by atoms with Crippen LogP contribution >= 0.6 is 0 Å². The molecule has 2 saturated carbocycles. The maximum absolute atomic E-state index is 14.2. The van der Waals surface area contributed by atoms with Gasteiger partial charge in [0, 0.05) is 25.4 Å². The summed E-state index contributed by atoms with van der Waals surface area (Å²) in [4.78, 5) is 14.7. The van der Waals surface area contributed by atoms with Gasteiger partial charge in [-0.25, -0.2) is 9.36 Å². The second-order valence-corrected chi connectivity index (χ2v) is 10.5. The van der Waals surface area contributed by atoms with Crippen molar-refractivity contribution in [2.45, 2.75) is 56.1 Å². The summed E-state index contributed by atoms with van der Waals surface area (Å²) in [5.74, 6) is -9.21. The van der Waals surface area contributed by atoms with Crippen LogP contribution in [0.3, 0.4) is 0 Å². The molecule has 0 unspecified atom stereocenters. The molecule has 0 bridgehead atoms. The van der Waals surface area contributed by atoms with Crippen LogP contribution < -0.4 is 4.74 Å². The molecule has 0 atom stereocenters. The zero-order valence-corrected chi connectivity index (χ0v) is 22.4. The Kier molecular flexibility index (Phi) is 7.36. The molecular formula is C26H20F10N6O2. The fraction of sp³-hybridized carbons (Fsp3) is 0.462. The number of hydrogen-bond acceptors (Lipinski definition) is 5. The SMILES string of the molecule is Cn1nc(C(F)(F)C(F)(F)F)c(OC(F)F)c1-n1cc(-c2ccc(C(F)(F)F)c(C(=O)N(CC3CC3)C3(C#N)CC3)c2)cn1. The van der Waals surface area contributed by atoms with E-state index in [2.05, 4.69) is 14.9 Å². The molecule has 8 nitrogen and oxygen atoms in total. The lowest BCUT2D eigenvalue weighted by molar-refractivity contribution is -0.291. The summed E-state index contributed by atoms with van der Waals surface area (Å²) in [5, 5.41) is 16.5. The van der Waals surface area contributed by atoms with Crippen LogP contribution in [0.1, 0.15) is 47.3 Å². The fourth-order valence-corrected chi connectivity index (χ4v) is 4.74. The van der Waals surface area contributed by atoms with Gasteiger partial charge in [-0.15, -0.1) is 0 Å². The number of carbonyl (C=O) groups excluding carboxylic acids is 1. The minimum atomic E-state index is -6.23. The number of amides is 1. The predicted molar refractivity (Wildman–Crippen MR) is 129 cm³/mol. The lowest BCUT2D eigenvalue weighted by atomic mass is 9.98. The molecule has 2 aliphatic rings. The number of aryl methyl sites for hydroxylation is 1. The van der Waals surface area contributed by atoms with Crippen molar-refractivity contribution in [1.29, 1.82) is 5.26 Å². The van der Waals surface area contributed by atoms with Gasteiger partial charge in [-0.05, 0) is 49.3 Å². The third-order valence-corrected chi connectivity index (χ3v) is 7.35. The van der Waals surface area contributed by atoms with Gasteiger partial charge in [-0.1, -0.05) is 6.07 Å². The number of halogens is 10. The minimum Gasteiger partial charge on any atom is -0.428 e. The van der Waals surface area contributed by atoms with Crippen LogP contribution in [0.5, 0.6) is 5.75 Å². The van der Waals surface area contributed by atoms with E-state index in [1.165, 1.54) is 0 Å². The van der Waals surface area contributed by atoms with E-state index in [0.717, 1.165) is 49.3 Å². The van der Waals surface area contributed by atoms with Crippen LogP contribution in [-0.2, 0) is 19.1 Å². The van der Waals surface area contributed by atoms with Crippen molar-refractivity contribution in [2.75, 3.05) is 6.54 Å². The van der Waals surface area contributed by atoms with Crippen LogP contribution in [0.25, 0.3) is 16.9 Å². The highest BCUT2D eigenvalue weighted by molar-refractivity contribution is 5.98. The molecule has 2 fully saturated rings. The summed E-state index contributed by atoms with van der Waals surface area (Å²) in [6, 6.07) is 4.50. The first kappa shape index (κ1) is 31.1. The Hall–Kier alpha value is -4.30. The molecule has 1 amide bonds. The Morgan fingerprint density at radius 3 is 2.32 bits per heavy atom. The monoisotopic (exact) mass is 638 g/mol. The minimum absolute atomic E-state index is 0.0405. The van der Waals surface area contributed by atoms with Crippen LogP contribution in [0.15, 0.2) is 30.6 Å². The normalized spacial score (nSPS) is 16.6. The van der Waals surface area contributed by atoms with Crippen LogP contribution in [0.4, 0.5) is 43.9 Å². The maximum atomic E-state index is 14.2. The molecule has 0 spiro atoms. The van der Waals surface area contributed by atoms with Crippen molar-refractivity contribution in [3.8, 4) is 28.8 Å². The molecule has 2 aliphatic carbocycles. The second kappa shape index (κ2) is 10.4. The Bertz CT molecular complexity index is 1630. The van der Waals surface area contributed by atoms with Crippen molar-refractivity contribution in [1.82, 2.24) is 24.5 Å².